The van der Waals surface area contributed by atoms with Gasteiger partial charge in [0, 0.05) is 0 Å². The van der Waals surface area contributed by atoms with Gasteiger partial charge < -0.3 is 9.73 Å². The largest absolute Gasteiger partial charge is 0.456 e. The van der Waals surface area contributed by atoms with Crippen molar-refractivity contribution < 1.29 is 4.42 Å². The highest BCUT2D eigenvalue weighted by Crippen LogP contribution is 1.96. The second-order valence-corrected chi connectivity index (χ2v) is 1.80. The summed E-state index contributed by atoms with van der Waals surface area (Å²) in [6, 6.07) is 3.68. The molecule has 1 rings (SSSR count). The van der Waals surface area contributed by atoms with Crippen LogP contribution in [0.1, 0.15) is 12.7 Å². The molecular formula is C7H10NO. The Morgan fingerprint density at radius 3 is 3.22 bits per heavy atom. The molecule has 0 saturated carbocycles. The molecular weight excluding hydrogens is 114 g/mol. The van der Waals surface area contributed by atoms with E-state index in [4.69, 9.17) is 4.42 Å². The molecule has 2 heteroatoms. The molecule has 0 unspecified atom stereocenters. The third-order valence-electron chi connectivity index (χ3n) is 1.08. The Morgan fingerprint density at radius 1 is 1.78 bits per heavy atom. The van der Waals surface area contributed by atoms with Gasteiger partial charge >= 0.3 is 0 Å². The van der Waals surface area contributed by atoms with Crippen molar-refractivity contribution in [1.82, 2.24) is 5.32 Å². The lowest BCUT2D eigenvalue weighted by Gasteiger charge is -1.94. The zero-order valence-electron chi connectivity index (χ0n) is 5.48. The quantitative estimate of drug-likeness (QED) is 0.654. The standard InChI is InChI=1S/C7H10NO/c1-2-8-6-7-4-3-5-9-7/h3-4,8H,2,6H2,1H3. The van der Waals surface area contributed by atoms with Crippen LogP contribution in [0.3, 0.4) is 0 Å². The smallest absolute Gasteiger partial charge is 0.169 e. The summed E-state index contributed by atoms with van der Waals surface area (Å²) < 4.78 is 4.95. The van der Waals surface area contributed by atoms with Crippen LogP contribution in [0, 0.1) is 6.26 Å². The Labute approximate surface area is 54.9 Å². The summed E-state index contributed by atoms with van der Waals surface area (Å²) in [4.78, 5) is 0. The van der Waals surface area contributed by atoms with Crippen LogP contribution in [0.4, 0.5) is 0 Å². The van der Waals surface area contributed by atoms with Crippen LogP contribution in [0.25, 0.3) is 0 Å². The van der Waals surface area contributed by atoms with Gasteiger partial charge in [-0.05, 0) is 18.7 Å². The maximum atomic E-state index is 4.95. The molecule has 0 aliphatic rings. The number of rotatable bonds is 3. The molecule has 1 heterocycles. The van der Waals surface area contributed by atoms with Gasteiger partial charge in [0.15, 0.2) is 6.26 Å². The predicted octanol–water partition coefficient (Wildman–Crippen LogP) is 1.19. The van der Waals surface area contributed by atoms with Gasteiger partial charge in [-0.1, -0.05) is 6.92 Å². The first kappa shape index (κ1) is 6.36. The third-order valence-corrected chi connectivity index (χ3v) is 1.08. The summed E-state index contributed by atoms with van der Waals surface area (Å²) in [5.41, 5.74) is 0. The molecule has 0 spiro atoms. The highest BCUT2D eigenvalue weighted by Gasteiger charge is 1.90. The molecule has 0 saturated heterocycles. The fourth-order valence-corrected chi connectivity index (χ4v) is 0.614. The molecule has 1 radical (unpaired) electrons. The molecule has 0 aromatic carbocycles. The van der Waals surface area contributed by atoms with Crippen molar-refractivity contribution in [2.75, 3.05) is 6.54 Å². The van der Waals surface area contributed by atoms with Gasteiger partial charge in [-0.3, -0.25) is 0 Å². The van der Waals surface area contributed by atoms with Gasteiger partial charge in [-0.25, -0.2) is 0 Å². The number of nitrogens with one attached hydrogen (secondary N) is 1. The molecule has 0 atom stereocenters. The lowest BCUT2D eigenvalue weighted by molar-refractivity contribution is 0.481. The van der Waals surface area contributed by atoms with Gasteiger partial charge in [0.2, 0.25) is 0 Å². The van der Waals surface area contributed by atoms with Gasteiger partial charge in [-0.15, -0.1) is 0 Å². The summed E-state index contributed by atoms with van der Waals surface area (Å²) in [6.45, 7) is 3.84. The Bertz CT molecular complexity index is 146. The van der Waals surface area contributed by atoms with E-state index < -0.39 is 0 Å². The molecule has 1 aromatic rings. The van der Waals surface area contributed by atoms with E-state index in [1.807, 2.05) is 6.07 Å². The van der Waals surface area contributed by atoms with Crippen molar-refractivity contribution in [2.24, 2.45) is 0 Å². The summed E-state index contributed by atoms with van der Waals surface area (Å²) >= 11 is 0. The maximum absolute atomic E-state index is 4.95. The number of hydrogen-bond acceptors (Lipinski definition) is 2. The number of hydrogen-bond donors (Lipinski definition) is 1. The van der Waals surface area contributed by atoms with Crippen LogP contribution < -0.4 is 5.32 Å². The van der Waals surface area contributed by atoms with E-state index in [0.29, 0.717) is 0 Å². The summed E-state index contributed by atoms with van der Waals surface area (Å²) in [7, 11) is 0. The molecule has 49 valence electrons. The Hall–Kier alpha value is -0.760. The van der Waals surface area contributed by atoms with E-state index in [0.717, 1.165) is 18.8 Å². The van der Waals surface area contributed by atoms with Crippen molar-refractivity contribution >= 4 is 0 Å². The Balaban J connectivity index is 2.30. The lowest BCUT2D eigenvalue weighted by Crippen LogP contribution is -2.10. The summed E-state index contributed by atoms with van der Waals surface area (Å²) in [5.74, 6) is 0.942. The minimum absolute atomic E-state index is 0.806. The van der Waals surface area contributed by atoms with Gasteiger partial charge in [0.25, 0.3) is 0 Å². The van der Waals surface area contributed by atoms with E-state index >= 15 is 0 Å². The second kappa shape index (κ2) is 3.30. The predicted molar refractivity (Wildman–Crippen MR) is 34.9 cm³/mol. The molecule has 0 fully saturated rings. The van der Waals surface area contributed by atoms with Gasteiger partial charge in [0.1, 0.15) is 5.76 Å². The molecule has 0 amide bonds. The van der Waals surface area contributed by atoms with Crippen LogP contribution in [-0.2, 0) is 6.54 Å². The lowest BCUT2D eigenvalue weighted by atomic mass is 10.4. The van der Waals surface area contributed by atoms with Crippen LogP contribution in [0.5, 0.6) is 0 Å². The first-order valence-corrected chi connectivity index (χ1v) is 3.09. The van der Waals surface area contributed by atoms with Crippen molar-refractivity contribution in [1.29, 1.82) is 0 Å². The SMILES string of the molecule is CCNCc1cc[c]o1. The molecule has 1 N–H and O–H groups in total. The van der Waals surface area contributed by atoms with Crippen LogP contribution in [-0.4, -0.2) is 6.54 Å². The summed E-state index contributed by atoms with van der Waals surface area (Å²) in [5, 5.41) is 3.14. The highest BCUT2D eigenvalue weighted by atomic mass is 16.3. The molecule has 0 aliphatic carbocycles. The zero-order valence-corrected chi connectivity index (χ0v) is 5.48. The van der Waals surface area contributed by atoms with E-state index in [2.05, 4.69) is 18.5 Å². The fraction of sp³-hybridized carbons (Fsp3) is 0.429. The summed E-state index contributed by atoms with van der Waals surface area (Å²) in [6.07, 6.45) is 2.62. The Kier molecular flexibility index (Phi) is 2.33. The molecule has 2 nitrogen and oxygen atoms in total. The van der Waals surface area contributed by atoms with E-state index in [1.165, 1.54) is 0 Å². The topological polar surface area (TPSA) is 25.2 Å². The van der Waals surface area contributed by atoms with Gasteiger partial charge in [-0.2, -0.15) is 0 Å². The minimum Gasteiger partial charge on any atom is -0.456 e. The van der Waals surface area contributed by atoms with Gasteiger partial charge in [0.05, 0.1) is 6.54 Å². The average Bonchev–Trinajstić information content (AvgIpc) is 2.34. The van der Waals surface area contributed by atoms with Crippen LogP contribution in [0.15, 0.2) is 16.5 Å². The van der Waals surface area contributed by atoms with Crippen LogP contribution >= 0.6 is 0 Å². The molecule has 0 aliphatic heterocycles. The fourth-order valence-electron chi connectivity index (χ4n) is 0.614. The first-order valence-electron chi connectivity index (χ1n) is 3.09. The normalized spacial score (nSPS) is 9.89. The zero-order chi connectivity index (χ0) is 6.53. The van der Waals surface area contributed by atoms with Crippen molar-refractivity contribution in [3.8, 4) is 0 Å². The first-order chi connectivity index (χ1) is 4.43. The average molecular weight is 124 g/mol. The van der Waals surface area contributed by atoms with E-state index in [9.17, 15) is 0 Å². The van der Waals surface area contributed by atoms with Crippen molar-refractivity contribution in [2.45, 2.75) is 13.5 Å². The second-order valence-electron chi connectivity index (χ2n) is 1.80. The third kappa shape index (κ3) is 1.90. The Morgan fingerprint density at radius 2 is 2.67 bits per heavy atom. The van der Waals surface area contributed by atoms with E-state index in [1.54, 1.807) is 6.07 Å². The number of furan rings is 1. The molecule has 1 aromatic heterocycles. The highest BCUT2D eigenvalue weighted by molar-refractivity contribution is 4.96. The minimum atomic E-state index is 0.806. The van der Waals surface area contributed by atoms with Crippen molar-refractivity contribution in [3.63, 3.8) is 0 Å². The monoisotopic (exact) mass is 124 g/mol. The van der Waals surface area contributed by atoms with E-state index in [-0.39, 0.29) is 0 Å². The maximum Gasteiger partial charge on any atom is 0.169 e. The molecule has 9 heavy (non-hydrogen) atoms. The van der Waals surface area contributed by atoms with Crippen LogP contribution in [0.2, 0.25) is 0 Å². The van der Waals surface area contributed by atoms with Crippen molar-refractivity contribution in [3.05, 3.63) is 24.2 Å². The molecule has 0 bridgehead atoms.